The third-order valence-corrected chi connectivity index (χ3v) is 12.3. The topological polar surface area (TPSA) is 118 Å². The van der Waals surface area contributed by atoms with E-state index < -0.39 is 31.2 Å². The third-order valence-electron chi connectivity index (χ3n) is 7.80. The summed E-state index contributed by atoms with van der Waals surface area (Å²) >= 11 is 0. The number of nitriles is 1. The minimum absolute atomic E-state index is 0.0195. The highest BCUT2D eigenvalue weighted by atomic mass is 28.4. The van der Waals surface area contributed by atoms with Crippen LogP contribution < -0.4 is 10.2 Å². The minimum atomic E-state index is -2.18. The Morgan fingerprint density at radius 1 is 1.24 bits per heavy atom. The quantitative estimate of drug-likeness (QED) is 0.315. The van der Waals surface area contributed by atoms with E-state index in [9.17, 15) is 10.1 Å². The summed E-state index contributed by atoms with van der Waals surface area (Å²) in [4.78, 5) is 23.4. The molecular formula is C30H40FN7O3Si. The molecule has 1 aliphatic heterocycles. The highest BCUT2D eigenvalue weighted by Crippen LogP contribution is 2.47. The average molecular weight is 594 g/mol. The van der Waals surface area contributed by atoms with Crippen molar-refractivity contribution in [3.8, 4) is 17.3 Å². The Hall–Kier alpha value is -3.82. The Balaban J connectivity index is 1.83. The lowest BCUT2D eigenvalue weighted by Crippen LogP contribution is -2.46. The van der Waals surface area contributed by atoms with Gasteiger partial charge in [0.25, 0.3) is 0 Å². The van der Waals surface area contributed by atoms with E-state index in [1.165, 1.54) is 4.90 Å². The van der Waals surface area contributed by atoms with Crippen molar-refractivity contribution in [1.29, 1.82) is 5.26 Å². The number of fused-ring (bicyclic) bond motifs is 1. The summed E-state index contributed by atoms with van der Waals surface area (Å²) < 4.78 is 29.2. The number of benzene rings is 1. The van der Waals surface area contributed by atoms with E-state index in [1.54, 1.807) is 56.9 Å². The fourth-order valence-electron chi connectivity index (χ4n) is 4.50. The summed E-state index contributed by atoms with van der Waals surface area (Å²) in [6, 6.07) is 7.31. The van der Waals surface area contributed by atoms with Crippen LogP contribution in [0.4, 0.5) is 26.6 Å². The smallest absolute Gasteiger partial charge is 0.414 e. The molecule has 3 heterocycles. The first-order valence-corrected chi connectivity index (χ1v) is 16.8. The molecule has 1 aliphatic rings. The molecule has 0 aliphatic carbocycles. The lowest BCUT2D eigenvalue weighted by molar-refractivity contribution is 0.0575. The van der Waals surface area contributed by atoms with Gasteiger partial charge >= 0.3 is 6.09 Å². The zero-order chi connectivity index (χ0) is 31.3. The van der Waals surface area contributed by atoms with E-state index in [-0.39, 0.29) is 28.8 Å². The molecular weight excluding hydrogens is 553 g/mol. The number of nitrogens with one attached hydrogen (secondary N) is 1. The van der Waals surface area contributed by atoms with Crippen LogP contribution in [0.5, 0.6) is 0 Å². The second kappa shape index (κ2) is 10.8. The van der Waals surface area contributed by atoms with Crippen molar-refractivity contribution in [3.63, 3.8) is 0 Å². The van der Waals surface area contributed by atoms with E-state index >= 15 is 4.39 Å². The monoisotopic (exact) mass is 593 g/mol. The molecule has 10 nitrogen and oxygen atoms in total. The van der Waals surface area contributed by atoms with Crippen LogP contribution in [0.25, 0.3) is 11.3 Å². The summed E-state index contributed by atoms with van der Waals surface area (Å²) in [6.07, 6.45) is 2.29. The average Bonchev–Trinajstić information content (AvgIpc) is 3.42. The third kappa shape index (κ3) is 6.32. The van der Waals surface area contributed by atoms with Crippen molar-refractivity contribution in [2.45, 2.75) is 77.6 Å². The number of halogens is 1. The van der Waals surface area contributed by atoms with Crippen molar-refractivity contribution in [3.05, 3.63) is 47.5 Å². The first kappa shape index (κ1) is 31.1. The zero-order valence-corrected chi connectivity index (χ0v) is 27.1. The predicted molar refractivity (Wildman–Crippen MR) is 163 cm³/mol. The van der Waals surface area contributed by atoms with E-state index in [1.807, 2.05) is 6.92 Å². The highest BCUT2D eigenvalue weighted by molar-refractivity contribution is 6.74. The number of rotatable bonds is 6. The van der Waals surface area contributed by atoms with Gasteiger partial charge in [-0.3, -0.25) is 9.58 Å². The van der Waals surface area contributed by atoms with Gasteiger partial charge in [-0.1, -0.05) is 27.7 Å². The number of carbonyl (C=O) groups is 1. The van der Waals surface area contributed by atoms with Gasteiger partial charge in [-0.25, -0.2) is 19.2 Å². The lowest BCUT2D eigenvalue weighted by atomic mass is 9.83. The van der Waals surface area contributed by atoms with Crippen molar-refractivity contribution in [2.24, 2.45) is 7.05 Å². The molecule has 1 amide bonds. The van der Waals surface area contributed by atoms with Crippen molar-refractivity contribution < 1.29 is 18.3 Å². The molecule has 1 N–H and O–H groups in total. The molecule has 12 heteroatoms. The normalized spacial score (nSPS) is 17.1. The van der Waals surface area contributed by atoms with Crippen LogP contribution >= 0.6 is 0 Å². The number of aromatic nitrogens is 4. The summed E-state index contributed by atoms with van der Waals surface area (Å²) in [5.41, 5.74) is 0.312. The molecule has 42 heavy (non-hydrogen) atoms. The molecule has 2 aromatic heterocycles. The number of hydrogen-bond acceptors (Lipinski definition) is 8. The molecule has 0 saturated heterocycles. The van der Waals surface area contributed by atoms with Crippen molar-refractivity contribution in [2.75, 3.05) is 23.4 Å². The predicted octanol–water partition coefficient (Wildman–Crippen LogP) is 6.67. The number of amides is 1. The first-order chi connectivity index (χ1) is 19.3. The van der Waals surface area contributed by atoms with Crippen LogP contribution in [0.3, 0.4) is 0 Å². The van der Waals surface area contributed by atoms with Gasteiger partial charge in [-0.2, -0.15) is 10.4 Å². The summed E-state index contributed by atoms with van der Waals surface area (Å²) in [5.74, 6) is 0.0141. The maximum Gasteiger partial charge on any atom is 0.414 e. The molecule has 0 saturated carbocycles. The van der Waals surface area contributed by atoms with Crippen LogP contribution in [0.1, 0.15) is 59.6 Å². The first-order valence-electron chi connectivity index (χ1n) is 13.9. The molecule has 0 unspecified atom stereocenters. The summed E-state index contributed by atoms with van der Waals surface area (Å²) in [5, 5.41) is 17.5. The molecule has 0 radical (unpaired) electrons. The van der Waals surface area contributed by atoms with E-state index in [0.717, 1.165) is 6.20 Å². The van der Waals surface area contributed by atoms with Crippen LogP contribution in [-0.2, 0) is 21.6 Å². The summed E-state index contributed by atoms with van der Waals surface area (Å²) in [7, 11) is -0.395. The van der Waals surface area contributed by atoms with Gasteiger partial charge < -0.3 is 14.5 Å². The molecule has 0 spiro atoms. The highest BCUT2D eigenvalue weighted by Gasteiger charge is 2.47. The minimum Gasteiger partial charge on any atom is -0.443 e. The molecule has 3 aromatic rings. The maximum absolute atomic E-state index is 15.2. The summed E-state index contributed by atoms with van der Waals surface area (Å²) in [6.45, 7) is 18.8. The largest absolute Gasteiger partial charge is 0.443 e. The standard InChI is InChI=1S/C30H40FN7O3Si/c1-28(2,3)41-27(39)38-17-30(7,18-40-42(9,10)29(4,5)6)21-14-19(13-20(15-32)25(21)38)24-22(31)16-33-26(35-24)34-23-11-12-37(8)36-23/h11-14,16H,17-18H2,1-10H3,(H,33,34,35,36)/t30-/m1/s1. The fraction of sp³-hybridized carbons (Fsp3) is 0.500. The van der Waals surface area contributed by atoms with E-state index in [0.29, 0.717) is 29.2 Å². The van der Waals surface area contributed by atoms with Gasteiger partial charge in [0, 0.05) is 43.4 Å². The molecule has 224 valence electrons. The van der Waals surface area contributed by atoms with E-state index in [2.05, 4.69) is 60.3 Å². The van der Waals surface area contributed by atoms with Crippen molar-refractivity contribution in [1.82, 2.24) is 19.7 Å². The fourth-order valence-corrected chi connectivity index (χ4v) is 5.61. The number of nitrogens with zero attached hydrogens (tertiary/aromatic N) is 6. The van der Waals surface area contributed by atoms with Gasteiger partial charge in [0.1, 0.15) is 17.4 Å². The Labute approximate surface area is 248 Å². The Morgan fingerprint density at radius 3 is 2.50 bits per heavy atom. The number of anilines is 3. The van der Waals surface area contributed by atoms with Gasteiger partial charge in [-0.05, 0) is 56.6 Å². The van der Waals surface area contributed by atoms with Crippen molar-refractivity contribution >= 4 is 31.9 Å². The second-order valence-electron chi connectivity index (χ2n) is 13.6. The van der Waals surface area contributed by atoms with Gasteiger partial charge in [0.05, 0.1) is 17.4 Å². The van der Waals surface area contributed by atoms with Gasteiger partial charge in [0.15, 0.2) is 20.0 Å². The second-order valence-corrected chi connectivity index (χ2v) is 18.4. The van der Waals surface area contributed by atoms with E-state index in [4.69, 9.17) is 9.16 Å². The molecule has 1 atom stereocenters. The number of hydrogen-bond donors (Lipinski definition) is 1. The van der Waals surface area contributed by atoms with Gasteiger partial charge in [0.2, 0.25) is 5.95 Å². The molecule has 1 aromatic carbocycles. The Kier molecular flexibility index (Phi) is 7.99. The Morgan fingerprint density at radius 2 is 1.93 bits per heavy atom. The zero-order valence-electron chi connectivity index (χ0n) is 26.1. The van der Waals surface area contributed by atoms with Crippen LogP contribution in [0.2, 0.25) is 18.1 Å². The molecule has 4 rings (SSSR count). The number of aryl methyl sites for hydroxylation is 1. The number of carbonyl (C=O) groups excluding carboxylic acids is 1. The van der Waals surface area contributed by atoms with Crippen LogP contribution in [0.15, 0.2) is 30.6 Å². The molecule has 0 bridgehead atoms. The maximum atomic E-state index is 15.2. The Bertz CT molecular complexity index is 1550. The number of ether oxygens (including phenoxy) is 1. The SMILES string of the molecule is Cn1ccc(Nc2ncc(F)c(-c3cc(C#N)c4c(c3)[C@@](C)(CO[Si](C)(C)C(C)(C)C)CN4C(=O)OC(C)(C)C)n2)n1. The molecule has 0 fully saturated rings. The van der Waals surface area contributed by atoms with Crippen LogP contribution in [-0.4, -0.2) is 52.9 Å². The van der Waals surface area contributed by atoms with Crippen LogP contribution in [0, 0.1) is 17.1 Å². The lowest BCUT2D eigenvalue weighted by Gasteiger charge is -2.39. The van der Waals surface area contributed by atoms with Gasteiger partial charge in [-0.15, -0.1) is 0 Å².